The smallest absolute Gasteiger partial charge is 0.253 e. The monoisotopic (exact) mass is 423 g/mol. The Morgan fingerprint density at radius 1 is 0.963 bits per heavy atom. The van der Waals surface area contributed by atoms with Crippen molar-refractivity contribution in [3.05, 3.63) is 94.2 Å². The van der Waals surface area contributed by atoms with Crippen LogP contribution in [0.3, 0.4) is 0 Å². The average molecular weight is 424 g/mol. The van der Waals surface area contributed by atoms with E-state index in [2.05, 4.69) is 31.5 Å². The van der Waals surface area contributed by atoms with Crippen LogP contribution in [0.1, 0.15) is 21.5 Å². The Morgan fingerprint density at radius 2 is 1.74 bits per heavy atom. The number of anilines is 1. The van der Waals surface area contributed by atoms with Gasteiger partial charge >= 0.3 is 0 Å². The van der Waals surface area contributed by atoms with Crippen molar-refractivity contribution in [2.45, 2.75) is 13.0 Å². The summed E-state index contributed by atoms with van der Waals surface area (Å²) in [5, 5.41) is 5.77. The van der Waals surface area contributed by atoms with Gasteiger partial charge in [-0.25, -0.2) is 0 Å². The highest BCUT2D eigenvalue weighted by Crippen LogP contribution is 2.16. The zero-order valence-corrected chi connectivity index (χ0v) is 16.1. The Morgan fingerprint density at radius 3 is 2.48 bits per heavy atom. The summed E-state index contributed by atoms with van der Waals surface area (Å²) < 4.78 is 0.973. The summed E-state index contributed by atoms with van der Waals surface area (Å²) in [6.07, 6.45) is 3.41. The molecule has 2 amide bonds. The summed E-state index contributed by atoms with van der Waals surface area (Å²) in [6, 6.07) is 18.5. The fraction of sp³-hybridized carbons (Fsp3) is 0.0952. The number of benzene rings is 2. The summed E-state index contributed by atoms with van der Waals surface area (Å²) in [4.78, 5) is 28.5. The first-order valence-corrected chi connectivity index (χ1v) is 9.21. The van der Waals surface area contributed by atoms with Crippen molar-refractivity contribution in [1.29, 1.82) is 0 Å². The van der Waals surface area contributed by atoms with Crippen molar-refractivity contribution in [3.8, 4) is 0 Å². The van der Waals surface area contributed by atoms with Crippen molar-refractivity contribution in [3.63, 3.8) is 0 Å². The largest absolute Gasteiger partial charge is 0.348 e. The molecule has 0 aliphatic carbocycles. The molecule has 3 rings (SSSR count). The number of pyridine rings is 1. The lowest BCUT2D eigenvalue weighted by Crippen LogP contribution is -2.24. The van der Waals surface area contributed by atoms with E-state index in [1.165, 1.54) is 6.20 Å². The number of nitrogens with zero attached hydrogens (tertiary/aromatic N) is 1. The molecule has 2 N–H and O–H groups in total. The lowest BCUT2D eigenvalue weighted by Gasteiger charge is -2.12. The number of amides is 2. The predicted octanol–water partition coefficient (Wildman–Crippen LogP) is 3.96. The molecular weight excluding hydrogens is 406 g/mol. The van der Waals surface area contributed by atoms with Crippen LogP contribution in [0.2, 0.25) is 0 Å². The molecule has 1 heterocycles. The van der Waals surface area contributed by atoms with Crippen LogP contribution in [-0.2, 0) is 17.8 Å². The Labute approximate surface area is 166 Å². The van der Waals surface area contributed by atoms with Crippen LogP contribution in [0.25, 0.3) is 0 Å². The van der Waals surface area contributed by atoms with Gasteiger partial charge in [0.15, 0.2) is 0 Å². The maximum Gasteiger partial charge on any atom is 0.253 e. The molecule has 5 nitrogen and oxygen atoms in total. The molecule has 0 fully saturated rings. The minimum absolute atomic E-state index is 0.108. The van der Waals surface area contributed by atoms with Crippen LogP contribution < -0.4 is 10.6 Å². The number of aromatic nitrogens is 1. The van der Waals surface area contributed by atoms with Crippen molar-refractivity contribution < 1.29 is 9.59 Å². The molecule has 6 heteroatoms. The average Bonchev–Trinajstić information content (AvgIpc) is 2.69. The highest BCUT2D eigenvalue weighted by atomic mass is 79.9. The van der Waals surface area contributed by atoms with Crippen molar-refractivity contribution in [2.75, 3.05) is 5.32 Å². The Balaban J connectivity index is 1.62. The molecule has 27 heavy (non-hydrogen) atoms. The van der Waals surface area contributed by atoms with Gasteiger partial charge in [0.1, 0.15) is 0 Å². The van der Waals surface area contributed by atoms with E-state index in [1.54, 1.807) is 18.3 Å². The SMILES string of the molecule is O=C(Cc1ccc(Br)cc1)Nc1ccccc1CNC(=O)c1cccnc1. The normalized spacial score (nSPS) is 10.3. The number of hydrogen-bond acceptors (Lipinski definition) is 3. The second-order valence-corrected chi connectivity index (χ2v) is 6.85. The van der Waals surface area contributed by atoms with E-state index >= 15 is 0 Å². The first-order valence-electron chi connectivity index (χ1n) is 8.42. The molecule has 0 aliphatic heterocycles. The molecular formula is C21H18BrN3O2. The molecule has 0 unspecified atom stereocenters. The molecule has 2 aromatic carbocycles. The third-order valence-corrected chi connectivity index (χ3v) is 4.46. The van der Waals surface area contributed by atoms with E-state index in [-0.39, 0.29) is 18.2 Å². The third-order valence-electron chi connectivity index (χ3n) is 3.93. The fourth-order valence-electron chi connectivity index (χ4n) is 2.55. The Bertz CT molecular complexity index is 928. The number of halogens is 1. The lowest BCUT2D eigenvalue weighted by atomic mass is 10.1. The standard InChI is InChI=1S/C21H18BrN3O2/c22-18-9-7-15(8-10-18)12-20(26)25-19-6-2-1-4-16(19)14-24-21(27)17-5-3-11-23-13-17/h1-11,13H,12,14H2,(H,24,27)(H,25,26). The zero-order chi connectivity index (χ0) is 19.1. The molecule has 3 aromatic rings. The van der Waals surface area contributed by atoms with Gasteiger partial charge in [0.2, 0.25) is 5.91 Å². The van der Waals surface area contributed by atoms with Crippen LogP contribution in [0, 0.1) is 0 Å². The van der Waals surface area contributed by atoms with Crippen LogP contribution in [0.15, 0.2) is 77.5 Å². The van der Waals surface area contributed by atoms with E-state index in [0.29, 0.717) is 17.8 Å². The highest BCUT2D eigenvalue weighted by molar-refractivity contribution is 9.10. The fourth-order valence-corrected chi connectivity index (χ4v) is 2.82. The first kappa shape index (κ1) is 18.8. The highest BCUT2D eigenvalue weighted by Gasteiger charge is 2.10. The first-order chi connectivity index (χ1) is 13.1. The van der Waals surface area contributed by atoms with Gasteiger partial charge in [-0.15, -0.1) is 0 Å². The molecule has 0 saturated carbocycles. The summed E-state index contributed by atoms with van der Waals surface area (Å²) >= 11 is 3.38. The summed E-state index contributed by atoms with van der Waals surface area (Å²) in [6.45, 7) is 0.308. The van der Waals surface area contributed by atoms with Crippen molar-refractivity contribution >= 4 is 33.4 Å². The van der Waals surface area contributed by atoms with Crippen molar-refractivity contribution in [1.82, 2.24) is 10.3 Å². The second kappa shape index (κ2) is 9.09. The second-order valence-electron chi connectivity index (χ2n) is 5.93. The molecule has 1 aromatic heterocycles. The number of carbonyl (C=O) groups excluding carboxylic acids is 2. The van der Waals surface area contributed by atoms with Crippen molar-refractivity contribution in [2.24, 2.45) is 0 Å². The lowest BCUT2D eigenvalue weighted by molar-refractivity contribution is -0.115. The third kappa shape index (κ3) is 5.49. The van der Waals surface area contributed by atoms with Crippen LogP contribution in [0.4, 0.5) is 5.69 Å². The van der Waals surface area contributed by atoms with Gasteiger partial charge in [0, 0.05) is 29.1 Å². The Hall–Kier alpha value is -2.99. The van der Waals surface area contributed by atoms with E-state index in [9.17, 15) is 9.59 Å². The predicted molar refractivity (Wildman–Crippen MR) is 108 cm³/mol. The number of rotatable bonds is 6. The summed E-state index contributed by atoms with van der Waals surface area (Å²) in [5.41, 5.74) is 2.94. The van der Waals surface area contributed by atoms with Gasteiger partial charge in [0.05, 0.1) is 12.0 Å². The Kier molecular flexibility index (Phi) is 6.33. The number of para-hydroxylation sites is 1. The van der Waals surface area contributed by atoms with Crippen LogP contribution in [0.5, 0.6) is 0 Å². The molecule has 0 spiro atoms. The number of carbonyl (C=O) groups is 2. The number of hydrogen-bond donors (Lipinski definition) is 2. The van der Waals surface area contributed by atoms with Gasteiger partial charge in [-0.2, -0.15) is 0 Å². The van der Waals surface area contributed by atoms with E-state index < -0.39 is 0 Å². The van der Waals surface area contributed by atoms with E-state index in [0.717, 1.165) is 15.6 Å². The van der Waals surface area contributed by atoms with E-state index in [4.69, 9.17) is 0 Å². The molecule has 0 saturated heterocycles. The quantitative estimate of drug-likeness (QED) is 0.630. The molecule has 0 radical (unpaired) electrons. The van der Waals surface area contributed by atoms with Crippen LogP contribution in [-0.4, -0.2) is 16.8 Å². The number of nitrogens with one attached hydrogen (secondary N) is 2. The molecule has 136 valence electrons. The van der Waals surface area contributed by atoms with Crippen LogP contribution >= 0.6 is 15.9 Å². The topological polar surface area (TPSA) is 71.1 Å². The maximum atomic E-state index is 12.4. The zero-order valence-electron chi connectivity index (χ0n) is 14.5. The van der Waals surface area contributed by atoms with E-state index in [1.807, 2.05) is 48.5 Å². The van der Waals surface area contributed by atoms with Gasteiger partial charge in [-0.1, -0.05) is 46.3 Å². The minimum Gasteiger partial charge on any atom is -0.348 e. The van der Waals surface area contributed by atoms with Gasteiger partial charge < -0.3 is 10.6 Å². The summed E-state index contributed by atoms with van der Waals surface area (Å²) in [5.74, 6) is -0.317. The molecule has 0 atom stereocenters. The summed E-state index contributed by atoms with van der Waals surface area (Å²) in [7, 11) is 0. The van der Waals surface area contributed by atoms with Gasteiger partial charge in [-0.05, 0) is 41.5 Å². The molecule has 0 bridgehead atoms. The van der Waals surface area contributed by atoms with Gasteiger partial charge in [-0.3, -0.25) is 14.6 Å². The maximum absolute atomic E-state index is 12.4. The molecule has 0 aliphatic rings. The minimum atomic E-state index is -0.209. The van der Waals surface area contributed by atoms with Gasteiger partial charge in [0.25, 0.3) is 5.91 Å².